The van der Waals surface area contributed by atoms with Crippen molar-refractivity contribution in [2.75, 3.05) is 5.32 Å². The molecule has 0 aromatic heterocycles. The number of nitro benzene ring substituents is 1. The van der Waals surface area contributed by atoms with Gasteiger partial charge in [0.05, 0.1) is 4.92 Å². The summed E-state index contributed by atoms with van der Waals surface area (Å²) in [6.07, 6.45) is -0.749. The zero-order valence-corrected chi connectivity index (χ0v) is 11.9. The lowest BCUT2D eigenvalue weighted by molar-refractivity contribution is -0.383. The highest BCUT2D eigenvalue weighted by Gasteiger charge is 2.22. The molecule has 1 aromatic carbocycles. The highest BCUT2D eigenvalue weighted by molar-refractivity contribution is 6.31. The lowest BCUT2D eigenvalue weighted by Gasteiger charge is -2.20. The van der Waals surface area contributed by atoms with Gasteiger partial charge in [-0.25, -0.2) is 4.79 Å². The minimum absolute atomic E-state index is 0.0867. The second-order valence-electron chi connectivity index (χ2n) is 5.00. The number of nitrogens with zero attached hydrogens (tertiary/aromatic N) is 1. The van der Waals surface area contributed by atoms with Gasteiger partial charge in [-0.15, -0.1) is 0 Å². The van der Waals surface area contributed by atoms with Crippen molar-refractivity contribution >= 4 is 29.1 Å². The Hall–Kier alpha value is -1.82. The van der Waals surface area contributed by atoms with Crippen molar-refractivity contribution in [2.45, 2.75) is 33.3 Å². The number of hydrogen-bond acceptors (Lipinski definition) is 4. The Morgan fingerprint density at radius 2 is 2.00 bits per heavy atom. The number of rotatable bonds is 2. The Balaban J connectivity index is 3.07. The standard InChI is InChI=1S/C12H15ClN2O4/c1-7-5-8(13)6-9(15(17)18)10(7)14-11(16)19-12(2,3)4/h5-6H,1-4H3,(H,14,16). The van der Waals surface area contributed by atoms with E-state index >= 15 is 0 Å². The highest BCUT2D eigenvalue weighted by atomic mass is 35.5. The average molecular weight is 287 g/mol. The molecule has 0 aliphatic rings. The van der Waals surface area contributed by atoms with Gasteiger partial charge in [0, 0.05) is 11.1 Å². The molecule has 19 heavy (non-hydrogen) atoms. The maximum Gasteiger partial charge on any atom is 0.412 e. The monoisotopic (exact) mass is 286 g/mol. The Morgan fingerprint density at radius 1 is 1.42 bits per heavy atom. The lowest BCUT2D eigenvalue weighted by Crippen LogP contribution is -2.27. The van der Waals surface area contributed by atoms with Crippen LogP contribution in [0, 0.1) is 17.0 Å². The summed E-state index contributed by atoms with van der Waals surface area (Å²) in [7, 11) is 0. The normalized spacial score (nSPS) is 11.0. The van der Waals surface area contributed by atoms with Crippen LogP contribution in [0.15, 0.2) is 12.1 Å². The number of nitrogens with one attached hydrogen (secondary N) is 1. The largest absolute Gasteiger partial charge is 0.444 e. The fourth-order valence-electron chi connectivity index (χ4n) is 1.44. The number of ether oxygens (including phenoxy) is 1. The van der Waals surface area contributed by atoms with Crippen LogP contribution in [-0.2, 0) is 4.74 Å². The van der Waals surface area contributed by atoms with Crippen LogP contribution in [0.2, 0.25) is 5.02 Å². The molecule has 0 unspecified atom stereocenters. The molecule has 1 aromatic rings. The molecule has 1 N–H and O–H groups in total. The summed E-state index contributed by atoms with van der Waals surface area (Å²) < 4.78 is 5.06. The molecular weight excluding hydrogens is 272 g/mol. The van der Waals surface area contributed by atoms with Crippen molar-refractivity contribution in [1.82, 2.24) is 0 Å². The summed E-state index contributed by atoms with van der Waals surface area (Å²) in [4.78, 5) is 22.0. The Kier molecular flexibility index (Phi) is 4.36. The maximum absolute atomic E-state index is 11.7. The van der Waals surface area contributed by atoms with Crippen LogP contribution in [0.25, 0.3) is 0 Å². The van der Waals surface area contributed by atoms with E-state index in [1.807, 2.05) is 0 Å². The number of nitro groups is 1. The zero-order valence-electron chi connectivity index (χ0n) is 11.1. The molecule has 0 heterocycles. The van der Waals surface area contributed by atoms with Gasteiger partial charge in [0.25, 0.3) is 5.69 Å². The summed E-state index contributed by atoms with van der Waals surface area (Å²) in [5.74, 6) is 0. The highest BCUT2D eigenvalue weighted by Crippen LogP contribution is 2.32. The molecule has 104 valence electrons. The predicted molar refractivity (Wildman–Crippen MR) is 72.7 cm³/mol. The lowest BCUT2D eigenvalue weighted by atomic mass is 10.1. The molecule has 0 saturated heterocycles. The molecule has 0 spiro atoms. The number of anilines is 1. The quantitative estimate of drug-likeness (QED) is 0.660. The second kappa shape index (κ2) is 5.44. The second-order valence-corrected chi connectivity index (χ2v) is 5.44. The molecule has 0 atom stereocenters. The molecule has 1 amide bonds. The van der Waals surface area contributed by atoms with Crippen molar-refractivity contribution in [3.63, 3.8) is 0 Å². The van der Waals surface area contributed by atoms with Crippen molar-refractivity contribution in [1.29, 1.82) is 0 Å². The number of aryl methyl sites for hydroxylation is 1. The first-order valence-corrected chi connectivity index (χ1v) is 5.92. The minimum atomic E-state index is -0.749. The molecular formula is C12H15ClN2O4. The molecule has 6 nitrogen and oxygen atoms in total. The van der Waals surface area contributed by atoms with E-state index in [0.717, 1.165) is 0 Å². The molecule has 0 fully saturated rings. The van der Waals surface area contributed by atoms with Crippen LogP contribution in [0.4, 0.5) is 16.2 Å². The fraction of sp³-hybridized carbons (Fsp3) is 0.417. The smallest absolute Gasteiger partial charge is 0.412 e. The van der Waals surface area contributed by atoms with Gasteiger partial charge in [-0.1, -0.05) is 11.6 Å². The van der Waals surface area contributed by atoms with Gasteiger partial charge in [0.1, 0.15) is 11.3 Å². The SMILES string of the molecule is Cc1cc(Cl)cc([N+](=O)[O-])c1NC(=O)OC(C)(C)C. The number of carbonyl (C=O) groups excluding carboxylic acids is 1. The van der Waals surface area contributed by atoms with E-state index in [1.165, 1.54) is 12.1 Å². The zero-order chi connectivity index (χ0) is 14.8. The van der Waals surface area contributed by atoms with E-state index in [9.17, 15) is 14.9 Å². The molecule has 0 aliphatic heterocycles. The van der Waals surface area contributed by atoms with Crippen LogP contribution in [0.3, 0.4) is 0 Å². The van der Waals surface area contributed by atoms with E-state index in [2.05, 4.69) is 5.32 Å². The van der Waals surface area contributed by atoms with E-state index in [-0.39, 0.29) is 16.4 Å². The first kappa shape index (κ1) is 15.2. The van der Waals surface area contributed by atoms with Crippen LogP contribution >= 0.6 is 11.6 Å². The Morgan fingerprint density at radius 3 is 2.47 bits per heavy atom. The number of hydrogen-bond donors (Lipinski definition) is 1. The fourth-order valence-corrected chi connectivity index (χ4v) is 1.70. The van der Waals surface area contributed by atoms with Gasteiger partial charge < -0.3 is 4.74 Å². The Labute approximate surface area is 115 Å². The Bertz CT molecular complexity index is 523. The van der Waals surface area contributed by atoms with E-state index in [1.54, 1.807) is 27.7 Å². The number of carbonyl (C=O) groups is 1. The minimum Gasteiger partial charge on any atom is -0.444 e. The molecule has 0 aliphatic carbocycles. The average Bonchev–Trinajstić information content (AvgIpc) is 2.18. The number of halogens is 1. The van der Waals surface area contributed by atoms with Gasteiger partial charge >= 0.3 is 6.09 Å². The molecule has 7 heteroatoms. The first-order valence-electron chi connectivity index (χ1n) is 5.54. The molecule has 0 bridgehead atoms. The molecule has 0 saturated carbocycles. The summed E-state index contributed by atoms with van der Waals surface area (Å²) in [5, 5.41) is 13.6. The van der Waals surface area contributed by atoms with E-state index in [0.29, 0.717) is 5.56 Å². The van der Waals surface area contributed by atoms with E-state index < -0.39 is 16.6 Å². The van der Waals surface area contributed by atoms with E-state index in [4.69, 9.17) is 16.3 Å². The van der Waals surface area contributed by atoms with Crippen molar-refractivity contribution < 1.29 is 14.5 Å². The van der Waals surface area contributed by atoms with Crippen molar-refractivity contribution in [3.8, 4) is 0 Å². The summed E-state index contributed by atoms with van der Waals surface area (Å²) >= 11 is 5.76. The van der Waals surface area contributed by atoms with Crippen molar-refractivity contribution in [2.24, 2.45) is 0 Å². The van der Waals surface area contributed by atoms with Gasteiger partial charge in [0.15, 0.2) is 0 Å². The summed E-state index contributed by atoms with van der Waals surface area (Å²) in [5.41, 5.74) is -0.372. The summed E-state index contributed by atoms with van der Waals surface area (Å²) in [6, 6.07) is 2.71. The molecule has 1 rings (SSSR count). The topological polar surface area (TPSA) is 81.5 Å². The van der Waals surface area contributed by atoms with Crippen LogP contribution < -0.4 is 5.32 Å². The molecule has 0 radical (unpaired) electrons. The van der Waals surface area contributed by atoms with Gasteiger partial charge in [-0.05, 0) is 39.3 Å². The third-order valence-corrected chi connectivity index (χ3v) is 2.32. The third-order valence-electron chi connectivity index (χ3n) is 2.10. The predicted octanol–water partition coefficient (Wildman–Crippen LogP) is 3.90. The van der Waals surface area contributed by atoms with Crippen molar-refractivity contribution in [3.05, 3.63) is 32.8 Å². The number of amides is 1. The van der Waals surface area contributed by atoms with Gasteiger partial charge in [-0.2, -0.15) is 0 Å². The van der Waals surface area contributed by atoms with Crippen LogP contribution in [0.1, 0.15) is 26.3 Å². The van der Waals surface area contributed by atoms with Crippen LogP contribution in [0.5, 0.6) is 0 Å². The maximum atomic E-state index is 11.7. The first-order chi connectivity index (χ1) is 8.60. The number of benzene rings is 1. The van der Waals surface area contributed by atoms with Gasteiger partial charge in [-0.3, -0.25) is 15.4 Å². The van der Waals surface area contributed by atoms with Crippen LogP contribution in [-0.4, -0.2) is 16.6 Å². The van der Waals surface area contributed by atoms with Gasteiger partial charge in [0.2, 0.25) is 0 Å². The summed E-state index contributed by atoms with van der Waals surface area (Å²) in [6.45, 7) is 6.73. The third kappa shape index (κ3) is 4.40.